The molecule has 0 atom stereocenters. The zero-order valence-electron chi connectivity index (χ0n) is 17.6. The number of aromatic hydroxyl groups is 1. The molecule has 1 saturated heterocycles. The molecule has 1 fully saturated rings. The number of aliphatic imine (C=N–C) groups is 1. The number of aromatic nitrogens is 1. The molecule has 0 radical (unpaired) electrons. The Hall–Kier alpha value is -3.37. The van der Waals surface area contributed by atoms with Gasteiger partial charge in [-0.1, -0.05) is 67.1 Å². The molecule has 3 aromatic carbocycles. The first-order valence-corrected chi connectivity index (χ1v) is 11.0. The number of aromatic amines is 1. The van der Waals surface area contributed by atoms with Gasteiger partial charge in [-0.25, -0.2) is 4.99 Å². The van der Waals surface area contributed by atoms with E-state index in [0.29, 0.717) is 0 Å². The first-order chi connectivity index (χ1) is 15.3. The topological polar surface area (TPSA) is 51.6 Å². The fraction of sp³-hybridized carbons (Fsp3) is 0.222. The number of hydrogen-bond acceptors (Lipinski definition) is 3. The number of rotatable bonds is 5. The lowest BCUT2D eigenvalue weighted by Crippen LogP contribution is -2.28. The summed E-state index contributed by atoms with van der Waals surface area (Å²) in [5.74, 6) is 0.144. The minimum Gasteiger partial charge on any atom is -0.494 e. The number of hydrogen-bond donors (Lipinski definition) is 2. The van der Waals surface area contributed by atoms with Gasteiger partial charge in [-0.2, -0.15) is 0 Å². The number of piperidine rings is 1. The van der Waals surface area contributed by atoms with Crippen molar-refractivity contribution < 1.29 is 5.11 Å². The molecule has 4 aromatic rings. The average Bonchev–Trinajstić information content (AvgIpc) is 3.15. The molecule has 1 aliphatic rings. The predicted molar refractivity (Wildman–Crippen MR) is 127 cm³/mol. The van der Waals surface area contributed by atoms with Crippen LogP contribution in [-0.2, 0) is 6.54 Å². The van der Waals surface area contributed by atoms with Gasteiger partial charge in [-0.05, 0) is 49.7 Å². The molecule has 0 aliphatic carbocycles. The second-order valence-electron chi connectivity index (χ2n) is 8.22. The van der Waals surface area contributed by atoms with E-state index in [1.807, 2.05) is 54.6 Å². The van der Waals surface area contributed by atoms with Gasteiger partial charge >= 0.3 is 0 Å². The van der Waals surface area contributed by atoms with Gasteiger partial charge in [-0.15, -0.1) is 0 Å². The van der Waals surface area contributed by atoms with E-state index in [0.717, 1.165) is 40.0 Å². The number of H-pyrrole nitrogens is 1. The standard InChI is InChI=1S/C27H27N3O/c31-27-25(23-11-5-6-12-24(23)29-27)26(21-9-3-1-4-10-21)28-22-15-13-20(14-16-22)19-30-17-7-2-8-18-30/h1,3-6,9-16,29,31H,2,7-8,17-19H2. The lowest BCUT2D eigenvalue weighted by Gasteiger charge is -2.26. The minimum atomic E-state index is 0.144. The van der Waals surface area contributed by atoms with E-state index in [1.165, 1.54) is 37.9 Å². The van der Waals surface area contributed by atoms with Crippen molar-refractivity contribution in [3.63, 3.8) is 0 Å². The lowest BCUT2D eigenvalue weighted by atomic mass is 10.0. The van der Waals surface area contributed by atoms with Crippen molar-refractivity contribution in [3.05, 3.63) is 95.6 Å². The van der Waals surface area contributed by atoms with Gasteiger partial charge in [0.05, 0.1) is 17.0 Å². The Morgan fingerprint density at radius 3 is 2.32 bits per heavy atom. The molecular formula is C27H27N3O. The smallest absolute Gasteiger partial charge is 0.199 e. The van der Waals surface area contributed by atoms with Gasteiger partial charge in [0.25, 0.3) is 0 Å². The van der Waals surface area contributed by atoms with Crippen LogP contribution in [0.4, 0.5) is 5.69 Å². The van der Waals surface area contributed by atoms with E-state index in [-0.39, 0.29) is 5.88 Å². The van der Waals surface area contributed by atoms with E-state index in [2.05, 4.69) is 34.1 Å². The molecule has 0 spiro atoms. The fourth-order valence-electron chi connectivity index (χ4n) is 4.41. The van der Waals surface area contributed by atoms with Gasteiger partial charge in [0.1, 0.15) is 0 Å². The third-order valence-corrected chi connectivity index (χ3v) is 6.00. The Balaban J connectivity index is 1.52. The summed E-state index contributed by atoms with van der Waals surface area (Å²) >= 11 is 0. The summed E-state index contributed by atoms with van der Waals surface area (Å²) in [6, 6.07) is 26.5. The van der Waals surface area contributed by atoms with E-state index >= 15 is 0 Å². The molecule has 4 heteroatoms. The average molecular weight is 410 g/mol. The highest BCUT2D eigenvalue weighted by Crippen LogP contribution is 2.31. The molecule has 31 heavy (non-hydrogen) atoms. The van der Waals surface area contributed by atoms with Crippen LogP contribution >= 0.6 is 0 Å². The molecule has 1 aromatic heterocycles. The summed E-state index contributed by atoms with van der Waals surface area (Å²) in [4.78, 5) is 10.6. The third kappa shape index (κ3) is 4.25. The maximum Gasteiger partial charge on any atom is 0.199 e. The summed E-state index contributed by atoms with van der Waals surface area (Å²) < 4.78 is 0. The highest BCUT2D eigenvalue weighted by atomic mass is 16.3. The summed E-state index contributed by atoms with van der Waals surface area (Å²) in [5, 5.41) is 11.7. The van der Waals surface area contributed by atoms with E-state index in [9.17, 15) is 5.11 Å². The maximum atomic E-state index is 10.7. The normalized spacial score (nSPS) is 15.4. The van der Waals surface area contributed by atoms with Crippen LogP contribution in [0.1, 0.15) is 36.0 Å². The molecule has 0 saturated carbocycles. The molecule has 4 nitrogen and oxygen atoms in total. The van der Waals surface area contributed by atoms with Crippen LogP contribution in [0.2, 0.25) is 0 Å². The number of benzene rings is 3. The van der Waals surface area contributed by atoms with Gasteiger partial charge in [0.2, 0.25) is 0 Å². The van der Waals surface area contributed by atoms with Gasteiger partial charge in [0.15, 0.2) is 5.88 Å². The number of fused-ring (bicyclic) bond motifs is 1. The SMILES string of the molecule is Oc1[nH]c2ccccc2c1C(=Nc1ccc(CN2CCCCC2)cc1)c1ccccc1. The van der Waals surface area contributed by atoms with E-state index in [1.54, 1.807) is 0 Å². The van der Waals surface area contributed by atoms with Crippen molar-refractivity contribution in [2.24, 2.45) is 4.99 Å². The van der Waals surface area contributed by atoms with Crippen LogP contribution < -0.4 is 0 Å². The molecule has 0 unspecified atom stereocenters. The maximum absolute atomic E-state index is 10.7. The Bertz CT molecular complexity index is 1190. The molecule has 5 rings (SSSR count). The zero-order valence-corrected chi connectivity index (χ0v) is 17.6. The molecule has 0 bridgehead atoms. The van der Waals surface area contributed by atoms with Crippen molar-refractivity contribution >= 4 is 22.3 Å². The quantitative estimate of drug-likeness (QED) is 0.396. The van der Waals surface area contributed by atoms with Crippen LogP contribution in [0.25, 0.3) is 10.9 Å². The van der Waals surface area contributed by atoms with Crippen molar-refractivity contribution in [1.29, 1.82) is 0 Å². The van der Waals surface area contributed by atoms with Crippen molar-refractivity contribution in [1.82, 2.24) is 9.88 Å². The van der Waals surface area contributed by atoms with Crippen LogP contribution in [0, 0.1) is 0 Å². The summed E-state index contributed by atoms with van der Waals surface area (Å²) in [7, 11) is 0. The summed E-state index contributed by atoms with van der Waals surface area (Å²) in [6.07, 6.45) is 3.96. The van der Waals surface area contributed by atoms with Crippen LogP contribution in [0.5, 0.6) is 5.88 Å². The number of nitrogens with one attached hydrogen (secondary N) is 1. The Kier molecular flexibility index (Phi) is 5.55. The zero-order chi connectivity index (χ0) is 21.0. The molecule has 0 amide bonds. The Morgan fingerprint density at radius 1 is 0.839 bits per heavy atom. The van der Waals surface area contributed by atoms with Gasteiger partial charge < -0.3 is 10.1 Å². The predicted octanol–water partition coefficient (Wildman–Crippen LogP) is 6.03. The van der Waals surface area contributed by atoms with Crippen LogP contribution in [0.15, 0.2) is 83.9 Å². The van der Waals surface area contributed by atoms with Crippen LogP contribution in [-0.4, -0.2) is 33.8 Å². The molecule has 2 heterocycles. The molecular weight excluding hydrogens is 382 g/mol. The Morgan fingerprint density at radius 2 is 1.55 bits per heavy atom. The lowest BCUT2D eigenvalue weighted by molar-refractivity contribution is 0.221. The number of likely N-dealkylation sites (tertiary alicyclic amines) is 1. The monoisotopic (exact) mass is 409 g/mol. The van der Waals surface area contributed by atoms with Crippen molar-refractivity contribution in [3.8, 4) is 5.88 Å². The van der Waals surface area contributed by atoms with Crippen LogP contribution in [0.3, 0.4) is 0 Å². The van der Waals surface area contributed by atoms with Crippen molar-refractivity contribution in [2.45, 2.75) is 25.8 Å². The summed E-state index contributed by atoms with van der Waals surface area (Å²) in [6.45, 7) is 3.38. The fourth-order valence-corrected chi connectivity index (χ4v) is 4.41. The third-order valence-electron chi connectivity index (χ3n) is 6.00. The minimum absolute atomic E-state index is 0.144. The highest BCUT2D eigenvalue weighted by Gasteiger charge is 2.18. The first kappa shape index (κ1) is 19.6. The number of nitrogens with zero attached hydrogens (tertiary/aromatic N) is 2. The van der Waals surface area contributed by atoms with Gasteiger partial charge in [-0.3, -0.25) is 4.90 Å². The molecule has 1 aliphatic heterocycles. The Labute approximate surface area is 182 Å². The number of para-hydroxylation sites is 1. The van der Waals surface area contributed by atoms with Crippen molar-refractivity contribution in [2.75, 3.05) is 13.1 Å². The second kappa shape index (κ2) is 8.78. The van der Waals surface area contributed by atoms with Gasteiger partial charge in [0, 0.05) is 23.0 Å². The first-order valence-electron chi connectivity index (χ1n) is 11.0. The largest absolute Gasteiger partial charge is 0.494 e. The highest BCUT2D eigenvalue weighted by molar-refractivity contribution is 6.21. The van der Waals surface area contributed by atoms with E-state index < -0.39 is 0 Å². The summed E-state index contributed by atoms with van der Waals surface area (Å²) in [5.41, 5.74) is 5.57. The van der Waals surface area contributed by atoms with E-state index in [4.69, 9.17) is 4.99 Å². The molecule has 2 N–H and O–H groups in total. The second-order valence-corrected chi connectivity index (χ2v) is 8.22. The molecule has 156 valence electrons.